The van der Waals surface area contributed by atoms with Crippen LogP contribution in [-0.2, 0) is 16.8 Å². The summed E-state index contributed by atoms with van der Waals surface area (Å²) in [5.41, 5.74) is 1.31. The molecule has 1 fully saturated rings. The number of carbonyl (C=O) groups is 1. The lowest BCUT2D eigenvalue weighted by Gasteiger charge is -2.37. The lowest BCUT2D eigenvalue weighted by molar-refractivity contribution is -0.140. The number of nitrogens with zero attached hydrogens (tertiary/aromatic N) is 1. The summed E-state index contributed by atoms with van der Waals surface area (Å²) < 4.78 is 0. The molecule has 132 valence electrons. The number of carbonyl (C=O) groups excluding carboxylic acids is 1. The van der Waals surface area contributed by atoms with Gasteiger partial charge in [0, 0.05) is 31.1 Å². The van der Waals surface area contributed by atoms with Gasteiger partial charge in [-0.2, -0.15) is 0 Å². The van der Waals surface area contributed by atoms with Crippen LogP contribution in [0, 0.1) is 5.41 Å². The zero-order valence-electron chi connectivity index (χ0n) is 15.1. The number of hydrogen-bond acceptors (Lipinski definition) is 3. The third-order valence-corrected chi connectivity index (χ3v) is 5.43. The van der Waals surface area contributed by atoms with Crippen LogP contribution >= 0.6 is 0 Å². The predicted octanol–water partition coefficient (Wildman–Crippen LogP) is 2.45. The van der Waals surface area contributed by atoms with Crippen LogP contribution in [0.4, 0.5) is 0 Å². The first-order chi connectivity index (χ1) is 11.3. The molecule has 2 aliphatic rings. The summed E-state index contributed by atoms with van der Waals surface area (Å²) in [5, 5.41) is 14.5. The number of nitrogens with one attached hydrogen (secondary N) is 1. The van der Waals surface area contributed by atoms with Gasteiger partial charge in [-0.05, 0) is 36.8 Å². The van der Waals surface area contributed by atoms with E-state index in [9.17, 15) is 9.90 Å². The van der Waals surface area contributed by atoms with E-state index >= 15 is 0 Å². The number of piperidine rings is 1. The SMILES string of the molecule is CC(C)(C)C(=O)N1CCC(NCC2(O)CCc3ccccc32)CC1. The summed E-state index contributed by atoms with van der Waals surface area (Å²) in [4.78, 5) is 14.3. The second-order valence-corrected chi connectivity index (χ2v) is 8.39. The zero-order chi connectivity index (χ0) is 17.4. The second-order valence-electron chi connectivity index (χ2n) is 8.39. The van der Waals surface area contributed by atoms with Crippen molar-refractivity contribution < 1.29 is 9.90 Å². The van der Waals surface area contributed by atoms with E-state index in [2.05, 4.69) is 17.4 Å². The van der Waals surface area contributed by atoms with Crippen LogP contribution in [0.15, 0.2) is 24.3 Å². The highest BCUT2D eigenvalue weighted by molar-refractivity contribution is 5.81. The van der Waals surface area contributed by atoms with E-state index in [1.54, 1.807) is 0 Å². The summed E-state index contributed by atoms with van der Waals surface area (Å²) in [6, 6.07) is 8.59. The van der Waals surface area contributed by atoms with Crippen LogP contribution in [0.5, 0.6) is 0 Å². The highest BCUT2D eigenvalue weighted by Crippen LogP contribution is 2.36. The molecule has 1 aromatic carbocycles. The molecule has 0 spiro atoms. The van der Waals surface area contributed by atoms with Crippen LogP contribution in [-0.4, -0.2) is 41.6 Å². The molecule has 1 amide bonds. The van der Waals surface area contributed by atoms with Crippen molar-refractivity contribution in [2.75, 3.05) is 19.6 Å². The van der Waals surface area contributed by atoms with Crippen LogP contribution in [0.25, 0.3) is 0 Å². The molecule has 0 aromatic heterocycles. The second kappa shape index (κ2) is 6.49. The standard InChI is InChI=1S/C20H30N2O2/c1-19(2,3)18(23)22-12-9-16(10-13-22)21-14-20(24)11-8-15-6-4-5-7-17(15)20/h4-7,16,21,24H,8-14H2,1-3H3. The van der Waals surface area contributed by atoms with Gasteiger partial charge < -0.3 is 15.3 Å². The monoisotopic (exact) mass is 330 g/mol. The molecule has 1 heterocycles. The van der Waals surface area contributed by atoms with E-state index in [1.807, 2.05) is 37.8 Å². The van der Waals surface area contributed by atoms with Crippen molar-refractivity contribution in [3.8, 4) is 0 Å². The largest absolute Gasteiger partial charge is 0.384 e. The molecule has 24 heavy (non-hydrogen) atoms. The molecule has 0 bridgehead atoms. The minimum Gasteiger partial charge on any atom is -0.384 e. The number of likely N-dealkylation sites (tertiary alicyclic amines) is 1. The topological polar surface area (TPSA) is 52.6 Å². The van der Waals surface area contributed by atoms with Crippen molar-refractivity contribution in [1.82, 2.24) is 10.2 Å². The Morgan fingerprint density at radius 3 is 2.62 bits per heavy atom. The molecule has 1 aliphatic carbocycles. The van der Waals surface area contributed by atoms with Crippen molar-refractivity contribution in [3.63, 3.8) is 0 Å². The fourth-order valence-corrected chi connectivity index (χ4v) is 3.93. The van der Waals surface area contributed by atoms with Gasteiger partial charge in [-0.15, -0.1) is 0 Å². The maximum atomic E-state index is 12.3. The van der Waals surface area contributed by atoms with Crippen molar-refractivity contribution in [3.05, 3.63) is 35.4 Å². The van der Waals surface area contributed by atoms with Gasteiger partial charge in [0.2, 0.25) is 5.91 Å². The Morgan fingerprint density at radius 1 is 1.29 bits per heavy atom. The molecule has 1 aromatic rings. The summed E-state index contributed by atoms with van der Waals surface area (Å²) >= 11 is 0. The maximum absolute atomic E-state index is 12.3. The molecule has 4 nitrogen and oxygen atoms in total. The number of amides is 1. The van der Waals surface area contributed by atoms with Crippen LogP contribution in [0.3, 0.4) is 0 Å². The maximum Gasteiger partial charge on any atom is 0.227 e. The number of benzene rings is 1. The highest BCUT2D eigenvalue weighted by Gasteiger charge is 2.37. The van der Waals surface area contributed by atoms with Crippen molar-refractivity contribution in [2.45, 2.75) is 58.1 Å². The Hall–Kier alpha value is -1.39. The molecule has 1 saturated heterocycles. The molecule has 0 radical (unpaired) electrons. The normalized spacial score (nSPS) is 24.9. The number of rotatable bonds is 3. The molecule has 1 atom stereocenters. The summed E-state index contributed by atoms with van der Waals surface area (Å²) in [6.45, 7) is 8.15. The van der Waals surface area contributed by atoms with E-state index in [0.29, 0.717) is 12.6 Å². The molecule has 4 heteroatoms. The number of fused-ring (bicyclic) bond motifs is 1. The third kappa shape index (κ3) is 3.50. The molecule has 2 N–H and O–H groups in total. The number of aryl methyl sites for hydroxylation is 1. The van der Waals surface area contributed by atoms with E-state index in [4.69, 9.17) is 0 Å². The third-order valence-electron chi connectivity index (χ3n) is 5.43. The first-order valence-corrected chi connectivity index (χ1v) is 9.13. The van der Waals surface area contributed by atoms with E-state index < -0.39 is 5.60 Å². The molecule has 3 rings (SSSR count). The van der Waals surface area contributed by atoms with E-state index in [-0.39, 0.29) is 11.3 Å². The van der Waals surface area contributed by atoms with Crippen molar-refractivity contribution in [2.24, 2.45) is 5.41 Å². The van der Waals surface area contributed by atoms with Gasteiger partial charge in [0.25, 0.3) is 0 Å². The van der Waals surface area contributed by atoms with E-state index in [0.717, 1.165) is 44.3 Å². The van der Waals surface area contributed by atoms with Crippen molar-refractivity contribution in [1.29, 1.82) is 0 Å². The summed E-state index contributed by atoms with van der Waals surface area (Å²) in [6.07, 6.45) is 3.66. The van der Waals surface area contributed by atoms with Crippen LogP contribution in [0.2, 0.25) is 0 Å². The lowest BCUT2D eigenvalue weighted by atomic mass is 9.92. The average Bonchev–Trinajstić information content (AvgIpc) is 2.90. The Morgan fingerprint density at radius 2 is 1.96 bits per heavy atom. The fourth-order valence-electron chi connectivity index (χ4n) is 3.93. The molecule has 1 aliphatic heterocycles. The Balaban J connectivity index is 1.52. The summed E-state index contributed by atoms with van der Waals surface area (Å²) in [7, 11) is 0. The molecular weight excluding hydrogens is 300 g/mol. The molecule has 0 saturated carbocycles. The van der Waals surface area contributed by atoms with Gasteiger partial charge in [-0.3, -0.25) is 4.79 Å². The predicted molar refractivity (Wildman–Crippen MR) is 95.7 cm³/mol. The van der Waals surface area contributed by atoms with Gasteiger partial charge in [-0.1, -0.05) is 45.0 Å². The lowest BCUT2D eigenvalue weighted by Crippen LogP contribution is -2.50. The van der Waals surface area contributed by atoms with Gasteiger partial charge in [-0.25, -0.2) is 0 Å². The van der Waals surface area contributed by atoms with Crippen LogP contribution in [0.1, 0.15) is 51.2 Å². The Kier molecular flexibility index (Phi) is 4.71. The Bertz CT molecular complexity index is 600. The molecule has 1 unspecified atom stereocenters. The summed E-state index contributed by atoms with van der Waals surface area (Å²) in [5.74, 6) is 0.240. The quantitative estimate of drug-likeness (QED) is 0.895. The molecular formula is C20H30N2O2. The van der Waals surface area contributed by atoms with E-state index in [1.165, 1.54) is 5.56 Å². The Labute approximate surface area is 145 Å². The number of aliphatic hydroxyl groups is 1. The highest BCUT2D eigenvalue weighted by atomic mass is 16.3. The first kappa shape index (κ1) is 17.4. The van der Waals surface area contributed by atoms with Crippen LogP contribution < -0.4 is 5.32 Å². The van der Waals surface area contributed by atoms with Gasteiger partial charge >= 0.3 is 0 Å². The minimum absolute atomic E-state index is 0.240. The average molecular weight is 330 g/mol. The first-order valence-electron chi connectivity index (χ1n) is 9.13. The number of hydrogen-bond donors (Lipinski definition) is 2. The zero-order valence-corrected chi connectivity index (χ0v) is 15.1. The minimum atomic E-state index is -0.741. The van der Waals surface area contributed by atoms with Gasteiger partial charge in [0.05, 0.1) is 0 Å². The fraction of sp³-hybridized carbons (Fsp3) is 0.650. The van der Waals surface area contributed by atoms with Gasteiger partial charge in [0.15, 0.2) is 0 Å². The van der Waals surface area contributed by atoms with Crippen molar-refractivity contribution >= 4 is 5.91 Å². The van der Waals surface area contributed by atoms with Gasteiger partial charge in [0.1, 0.15) is 5.60 Å². The smallest absolute Gasteiger partial charge is 0.227 e.